The van der Waals surface area contributed by atoms with E-state index in [-0.39, 0.29) is 0 Å². The molecule has 0 aromatic heterocycles. The molecule has 0 saturated heterocycles. The highest BCUT2D eigenvalue weighted by Crippen LogP contribution is 2.17. The molecule has 0 bridgehead atoms. The highest BCUT2D eigenvalue weighted by Gasteiger charge is 2.09. The lowest BCUT2D eigenvalue weighted by Gasteiger charge is -2.20. The summed E-state index contributed by atoms with van der Waals surface area (Å²) in [6.07, 6.45) is 2.15. The lowest BCUT2D eigenvalue weighted by atomic mass is 10.0. The second-order valence-electron chi connectivity index (χ2n) is 4.67. The SMILES string of the molecule is CSCC(C)NC(C)c1cc(C)cc(C)c1. The van der Waals surface area contributed by atoms with Gasteiger partial charge in [-0.15, -0.1) is 0 Å². The maximum Gasteiger partial charge on any atom is 0.0294 e. The molecule has 0 fully saturated rings. The smallest absolute Gasteiger partial charge is 0.0294 e. The molecule has 0 heterocycles. The van der Waals surface area contributed by atoms with Gasteiger partial charge in [-0.05, 0) is 39.5 Å². The van der Waals surface area contributed by atoms with E-state index in [1.165, 1.54) is 16.7 Å². The number of aryl methyl sites for hydroxylation is 2. The fraction of sp³-hybridized carbons (Fsp3) is 0.571. The summed E-state index contributed by atoms with van der Waals surface area (Å²) in [7, 11) is 0. The summed E-state index contributed by atoms with van der Waals surface area (Å²) in [4.78, 5) is 0. The van der Waals surface area contributed by atoms with Gasteiger partial charge in [0, 0.05) is 17.8 Å². The van der Waals surface area contributed by atoms with Crippen LogP contribution in [0.4, 0.5) is 0 Å². The van der Waals surface area contributed by atoms with E-state index in [1.54, 1.807) is 0 Å². The Morgan fingerprint density at radius 3 is 2.19 bits per heavy atom. The van der Waals surface area contributed by atoms with E-state index in [9.17, 15) is 0 Å². The molecule has 0 saturated carbocycles. The van der Waals surface area contributed by atoms with Crippen LogP contribution in [0.15, 0.2) is 18.2 Å². The Hall–Kier alpha value is -0.470. The Kier molecular flexibility index (Phi) is 5.36. The molecule has 1 nitrogen and oxygen atoms in total. The van der Waals surface area contributed by atoms with Crippen molar-refractivity contribution in [2.24, 2.45) is 0 Å². The molecule has 0 radical (unpaired) electrons. The average Bonchev–Trinajstić information content (AvgIpc) is 2.16. The molecule has 2 heteroatoms. The largest absolute Gasteiger partial charge is 0.307 e. The highest BCUT2D eigenvalue weighted by molar-refractivity contribution is 7.98. The normalized spacial score (nSPS) is 14.8. The van der Waals surface area contributed by atoms with Gasteiger partial charge in [-0.1, -0.05) is 29.3 Å². The van der Waals surface area contributed by atoms with E-state index in [2.05, 4.69) is 57.5 Å². The van der Waals surface area contributed by atoms with Gasteiger partial charge in [0.15, 0.2) is 0 Å². The summed E-state index contributed by atoms with van der Waals surface area (Å²) in [5.74, 6) is 1.16. The number of nitrogens with one attached hydrogen (secondary N) is 1. The molecular weight excluding hydrogens is 214 g/mol. The van der Waals surface area contributed by atoms with Crippen LogP contribution in [0.1, 0.15) is 36.6 Å². The number of benzene rings is 1. The Labute approximate surface area is 104 Å². The molecule has 0 spiro atoms. The van der Waals surface area contributed by atoms with Crippen LogP contribution >= 0.6 is 11.8 Å². The number of rotatable bonds is 5. The molecule has 0 aliphatic rings. The summed E-state index contributed by atoms with van der Waals surface area (Å²) in [5, 5.41) is 3.63. The Balaban J connectivity index is 2.68. The molecule has 90 valence electrons. The van der Waals surface area contributed by atoms with Gasteiger partial charge in [0.05, 0.1) is 0 Å². The molecule has 0 amide bonds. The van der Waals surface area contributed by atoms with Crippen LogP contribution in [0.3, 0.4) is 0 Å². The summed E-state index contributed by atoms with van der Waals surface area (Å²) < 4.78 is 0. The minimum Gasteiger partial charge on any atom is -0.307 e. The van der Waals surface area contributed by atoms with E-state index < -0.39 is 0 Å². The summed E-state index contributed by atoms with van der Waals surface area (Å²) >= 11 is 1.89. The number of hydrogen-bond donors (Lipinski definition) is 1. The highest BCUT2D eigenvalue weighted by atomic mass is 32.2. The van der Waals surface area contributed by atoms with E-state index in [0.29, 0.717) is 12.1 Å². The fourth-order valence-electron chi connectivity index (χ4n) is 2.08. The molecule has 1 rings (SSSR count). The van der Waals surface area contributed by atoms with Gasteiger partial charge in [-0.2, -0.15) is 11.8 Å². The van der Waals surface area contributed by atoms with Gasteiger partial charge in [0.25, 0.3) is 0 Å². The molecule has 1 aromatic rings. The van der Waals surface area contributed by atoms with Crippen molar-refractivity contribution in [2.75, 3.05) is 12.0 Å². The Morgan fingerprint density at radius 2 is 1.69 bits per heavy atom. The van der Waals surface area contributed by atoms with Crippen molar-refractivity contribution in [2.45, 2.75) is 39.8 Å². The third kappa shape index (κ3) is 4.18. The lowest BCUT2D eigenvalue weighted by Crippen LogP contribution is -2.30. The van der Waals surface area contributed by atoms with Crippen molar-refractivity contribution in [3.05, 3.63) is 34.9 Å². The van der Waals surface area contributed by atoms with Gasteiger partial charge in [0.2, 0.25) is 0 Å². The Morgan fingerprint density at radius 1 is 1.12 bits per heavy atom. The molecule has 1 N–H and O–H groups in total. The number of thioether (sulfide) groups is 1. The molecular formula is C14H23NS. The second-order valence-corrected chi connectivity index (χ2v) is 5.58. The first-order chi connectivity index (χ1) is 7.52. The van der Waals surface area contributed by atoms with Gasteiger partial charge in [-0.25, -0.2) is 0 Å². The van der Waals surface area contributed by atoms with Crippen molar-refractivity contribution in [3.8, 4) is 0 Å². The van der Waals surface area contributed by atoms with E-state index >= 15 is 0 Å². The quantitative estimate of drug-likeness (QED) is 0.838. The lowest BCUT2D eigenvalue weighted by molar-refractivity contribution is 0.511. The van der Waals surface area contributed by atoms with E-state index in [0.717, 1.165) is 5.75 Å². The molecule has 0 aliphatic heterocycles. The number of hydrogen-bond acceptors (Lipinski definition) is 2. The maximum absolute atomic E-state index is 3.63. The summed E-state index contributed by atoms with van der Waals surface area (Å²) in [6.45, 7) is 8.81. The molecule has 0 aliphatic carbocycles. The van der Waals surface area contributed by atoms with Crippen LogP contribution in [-0.4, -0.2) is 18.1 Å². The third-order valence-corrected chi connectivity index (χ3v) is 3.53. The van der Waals surface area contributed by atoms with Gasteiger partial charge in [0.1, 0.15) is 0 Å². The van der Waals surface area contributed by atoms with Crippen LogP contribution < -0.4 is 5.32 Å². The zero-order valence-electron chi connectivity index (χ0n) is 11.0. The predicted molar refractivity (Wildman–Crippen MR) is 75.3 cm³/mol. The van der Waals surface area contributed by atoms with Crippen molar-refractivity contribution >= 4 is 11.8 Å². The monoisotopic (exact) mass is 237 g/mol. The zero-order valence-corrected chi connectivity index (χ0v) is 11.8. The molecule has 2 unspecified atom stereocenters. The van der Waals surface area contributed by atoms with Crippen LogP contribution in [0.25, 0.3) is 0 Å². The summed E-state index contributed by atoms with van der Waals surface area (Å²) in [5.41, 5.74) is 4.09. The maximum atomic E-state index is 3.63. The van der Waals surface area contributed by atoms with Crippen LogP contribution in [0.2, 0.25) is 0 Å². The predicted octanol–water partition coefficient (Wildman–Crippen LogP) is 3.71. The second kappa shape index (κ2) is 6.31. The van der Waals surface area contributed by atoms with Gasteiger partial charge < -0.3 is 5.32 Å². The first kappa shape index (κ1) is 13.6. The van der Waals surface area contributed by atoms with Crippen molar-refractivity contribution in [1.82, 2.24) is 5.32 Å². The minimum atomic E-state index is 0.431. The van der Waals surface area contributed by atoms with Gasteiger partial charge >= 0.3 is 0 Å². The summed E-state index contributed by atoms with van der Waals surface area (Å²) in [6, 6.07) is 7.76. The fourth-order valence-corrected chi connectivity index (χ4v) is 2.68. The van der Waals surface area contributed by atoms with E-state index in [4.69, 9.17) is 0 Å². The third-order valence-electron chi connectivity index (χ3n) is 2.70. The zero-order chi connectivity index (χ0) is 12.1. The van der Waals surface area contributed by atoms with Crippen LogP contribution in [0, 0.1) is 13.8 Å². The topological polar surface area (TPSA) is 12.0 Å². The van der Waals surface area contributed by atoms with Crippen molar-refractivity contribution < 1.29 is 0 Å². The Bertz CT molecular complexity index is 315. The first-order valence-electron chi connectivity index (χ1n) is 5.86. The van der Waals surface area contributed by atoms with Crippen molar-refractivity contribution in [3.63, 3.8) is 0 Å². The standard InChI is InChI=1S/C14H23NS/c1-10-6-11(2)8-14(7-10)13(4)15-12(3)9-16-5/h6-8,12-13,15H,9H2,1-5H3. The van der Waals surface area contributed by atoms with E-state index in [1.807, 2.05) is 11.8 Å². The van der Waals surface area contributed by atoms with Crippen LogP contribution in [0.5, 0.6) is 0 Å². The van der Waals surface area contributed by atoms with Gasteiger partial charge in [-0.3, -0.25) is 0 Å². The molecule has 2 atom stereocenters. The van der Waals surface area contributed by atoms with Crippen LogP contribution in [-0.2, 0) is 0 Å². The minimum absolute atomic E-state index is 0.431. The first-order valence-corrected chi connectivity index (χ1v) is 7.25. The average molecular weight is 237 g/mol. The molecule has 1 aromatic carbocycles. The molecule has 16 heavy (non-hydrogen) atoms. The van der Waals surface area contributed by atoms with Crippen molar-refractivity contribution in [1.29, 1.82) is 0 Å².